The van der Waals surface area contributed by atoms with Crippen LogP contribution in [0.3, 0.4) is 0 Å². The van der Waals surface area contributed by atoms with Gasteiger partial charge in [0.25, 0.3) is 0 Å². The summed E-state index contributed by atoms with van der Waals surface area (Å²) < 4.78 is 1.01. The molecule has 0 atom stereocenters. The molecule has 0 saturated heterocycles. The summed E-state index contributed by atoms with van der Waals surface area (Å²) in [5.74, 6) is -0.748. The fourth-order valence-corrected chi connectivity index (χ4v) is 2.01. The van der Waals surface area contributed by atoms with Crippen molar-refractivity contribution in [2.75, 3.05) is 0 Å². The lowest BCUT2D eigenvalue weighted by molar-refractivity contribution is -0.136. The summed E-state index contributed by atoms with van der Waals surface area (Å²) in [6.45, 7) is 4.06. The average molecular weight is 257 g/mol. The molecule has 1 aromatic rings. The van der Waals surface area contributed by atoms with Gasteiger partial charge in [-0.25, -0.2) is 0 Å². The van der Waals surface area contributed by atoms with E-state index in [1.54, 1.807) is 0 Å². The molecule has 0 unspecified atom stereocenters. The van der Waals surface area contributed by atoms with Crippen molar-refractivity contribution in [1.82, 2.24) is 0 Å². The van der Waals surface area contributed by atoms with Crippen molar-refractivity contribution in [3.8, 4) is 0 Å². The van der Waals surface area contributed by atoms with E-state index in [0.717, 1.165) is 10.0 Å². The van der Waals surface area contributed by atoms with Gasteiger partial charge in [0.2, 0.25) is 0 Å². The van der Waals surface area contributed by atoms with Crippen LogP contribution in [0.25, 0.3) is 0 Å². The second-order valence-corrected chi connectivity index (χ2v) is 4.32. The Hall–Kier alpha value is -0.830. The predicted molar refractivity (Wildman–Crippen MR) is 59.6 cm³/mol. The van der Waals surface area contributed by atoms with E-state index in [-0.39, 0.29) is 6.42 Å². The van der Waals surface area contributed by atoms with Crippen molar-refractivity contribution in [2.24, 2.45) is 0 Å². The van der Waals surface area contributed by atoms with Crippen LogP contribution < -0.4 is 0 Å². The van der Waals surface area contributed by atoms with Crippen LogP contribution in [0.4, 0.5) is 0 Å². The molecule has 3 heteroatoms. The van der Waals surface area contributed by atoms with Crippen molar-refractivity contribution >= 4 is 21.9 Å². The summed E-state index contributed by atoms with van der Waals surface area (Å²) in [7, 11) is 0. The van der Waals surface area contributed by atoms with Gasteiger partial charge >= 0.3 is 5.97 Å². The molecule has 0 aromatic heterocycles. The number of carbonyl (C=O) groups is 1. The second kappa shape index (κ2) is 4.60. The van der Waals surface area contributed by atoms with Gasteiger partial charge in [0.1, 0.15) is 0 Å². The largest absolute Gasteiger partial charge is 0.481 e. The van der Waals surface area contributed by atoms with Crippen LogP contribution >= 0.6 is 15.9 Å². The van der Waals surface area contributed by atoms with Crippen LogP contribution in [0.1, 0.15) is 23.1 Å². The van der Waals surface area contributed by atoms with Crippen molar-refractivity contribution in [3.05, 3.63) is 33.3 Å². The van der Waals surface area contributed by atoms with Gasteiger partial charge in [0.05, 0.1) is 0 Å². The lowest BCUT2D eigenvalue weighted by atomic mass is 10.00. The molecule has 2 nitrogen and oxygen atoms in total. The number of carboxylic acid groups (broad SMARTS) is 1. The highest BCUT2D eigenvalue weighted by molar-refractivity contribution is 9.10. The van der Waals surface area contributed by atoms with E-state index in [4.69, 9.17) is 5.11 Å². The molecule has 0 aliphatic carbocycles. The van der Waals surface area contributed by atoms with Gasteiger partial charge in [0, 0.05) is 10.9 Å². The molecule has 76 valence electrons. The van der Waals surface area contributed by atoms with E-state index < -0.39 is 5.97 Å². The SMILES string of the molecule is Cc1cc(Br)cc(CCC(=O)O)c1C. The number of hydrogen-bond acceptors (Lipinski definition) is 1. The number of hydrogen-bond donors (Lipinski definition) is 1. The van der Waals surface area contributed by atoms with Crippen LogP contribution in [-0.4, -0.2) is 11.1 Å². The highest BCUT2D eigenvalue weighted by Crippen LogP contribution is 2.21. The topological polar surface area (TPSA) is 37.3 Å². The smallest absolute Gasteiger partial charge is 0.303 e. The third kappa shape index (κ3) is 2.84. The maximum absolute atomic E-state index is 10.4. The van der Waals surface area contributed by atoms with Crippen molar-refractivity contribution < 1.29 is 9.90 Å². The number of benzene rings is 1. The van der Waals surface area contributed by atoms with E-state index >= 15 is 0 Å². The van der Waals surface area contributed by atoms with E-state index in [1.165, 1.54) is 11.1 Å². The molecule has 0 fully saturated rings. The Labute approximate surface area is 92.1 Å². The van der Waals surface area contributed by atoms with Gasteiger partial charge in [-0.05, 0) is 49.1 Å². The van der Waals surface area contributed by atoms with Gasteiger partial charge in [-0.1, -0.05) is 15.9 Å². The van der Waals surface area contributed by atoms with Crippen LogP contribution in [0, 0.1) is 13.8 Å². The zero-order chi connectivity index (χ0) is 10.7. The number of aryl methyl sites for hydroxylation is 2. The first-order valence-electron chi connectivity index (χ1n) is 4.48. The monoisotopic (exact) mass is 256 g/mol. The first kappa shape index (κ1) is 11.2. The highest BCUT2D eigenvalue weighted by atomic mass is 79.9. The average Bonchev–Trinajstić information content (AvgIpc) is 2.08. The van der Waals surface area contributed by atoms with E-state index in [2.05, 4.69) is 15.9 Å². The van der Waals surface area contributed by atoms with Crippen LogP contribution in [0.5, 0.6) is 0 Å². The van der Waals surface area contributed by atoms with Gasteiger partial charge in [-0.2, -0.15) is 0 Å². The van der Waals surface area contributed by atoms with Gasteiger partial charge in [-0.3, -0.25) is 4.79 Å². The number of aliphatic carboxylic acids is 1. The molecule has 0 saturated carbocycles. The number of halogens is 1. The number of carboxylic acids is 1. The molecular weight excluding hydrogens is 244 g/mol. The standard InChI is InChI=1S/C11H13BrO2/c1-7-5-10(12)6-9(8(7)2)3-4-11(13)14/h5-6H,3-4H2,1-2H3,(H,13,14). The van der Waals surface area contributed by atoms with E-state index in [9.17, 15) is 4.79 Å². The van der Waals surface area contributed by atoms with Crippen LogP contribution in [0.15, 0.2) is 16.6 Å². The Morgan fingerprint density at radius 2 is 2.07 bits per heavy atom. The molecule has 0 heterocycles. The Morgan fingerprint density at radius 1 is 1.43 bits per heavy atom. The third-order valence-corrected chi connectivity index (χ3v) is 2.81. The molecule has 0 spiro atoms. The van der Waals surface area contributed by atoms with Crippen molar-refractivity contribution in [2.45, 2.75) is 26.7 Å². The minimum atomic E-state index is -0.748. The van der Waals surface area contributed by atoms with Gasteiger partial charge < -0.3 is 5.11 Å². The molecule has 0 radical (unpaired) electrons. The number of rotatable bonds is 3. The molecule has 1 aromatic carbocycles. The van der Waals surface area contributed by atoms with Gasteiger partial charge in [-0.15, -0.1) is 0 Å². The normalized spacial score (nSPS) is 10.2. The maximum Gasteiger partial charge on any atom is 0.303 e. The quantitative estimate of drug-likeness (QED) is 0.903. The zero-order valence-corrected chi connectivity index (χ0v) is 9.89. The lowest BCUT2D eigenvalue weighted by Crippen LogP contribution is -2.00. The van der Waals surface area contributed by atoms with Crippen molar-refractivity contribution in [1.29, 1.82) is 0 Å². The molecule has 0 bridgehead atoms. The Morgan fingerprint density at radius 3 is 2.64 bits per heavy atom. The molecule has 0 amide bonds. The zero-order valence-electron chi connectivity index (χ0n) is 8.30. The summed E-state index contributed by atoms with van der Waals surface area (Å²) in [5.41, 5.74) is 3.49. The van der Waals surface area contributed by atoms with Crippen molar-refractivity contribution in [3.63, 3.8) is 0 Å². The predicted octanol–water partition coefficient (Wildman–Crippen LogP) is 3.08. The van der Waals surface area contributed by atoms with Crippen LogP contribution in [0.2, 0.25) is 0 Å². The Kier molecular flexibility index (Phi) is 3.69. The minimum absolute atomic E-state index is 0.191. The Balaban J connectivity index is 2.90. The molecule has 0 aliphatic heterocycles. The van der Waals surface area contributed by atoms with Crippen LogP contribution in [-0.2, 0) is 11.2 Å². The summed E-state index contributed by atoms with van der Waals surface area (Å²) in [6.07, 6.45) is 0.790. The second-order valence-electron chi connectivity index (χ2n) is 3.40. The first-order chi connectivity index (χ1) is 6.50. The fraction of sp³-hybridized carbons (Fsp3) is 0.364. The lowest BCUT2D eigenvalue weighted by Gasteiger charge is -2.08. The summed E-state index contributed by atoms with van der Waals surface area (Å²) in [4.78, 5) is 10.4. The summed E-state index contributed by atoms with van der Waals surface area (Å²) in [5, 5.41) is 8.59. The Bertz CT molecular complexity index is 359. The fourth-order valence-electron chi connectivity index (χ4n) is 1.39. The summed E-state index contributed by atoms with van der Waals surface area (Å²) >= 11 is 3.41. The molecule has 1 rings (SSSR count). The maximum atomic E-state index is 10.4. The molecule has 14 heavy (non-hydrogen) atoms. The minimum Gasteiger partial charge on any atom is -0.481 e. The van der Waals surface area contributed by atoms with Gasteiger partial charge in [0.15, 0.2) is 0 Å². The van der Waals surface area contributed by atoms with E-state index in [0.29, 0.717) is 6.42 Å². The summed E-state index contributed by atoms with van der Waals surface area (Å²) in [6, 6.07) is 4.03. The molecule has 0 aliphatic rings. The third-order valence-electron chi connectivity index (χ3n) is 2.35. The first-order valence-corrected chi connectivity index (χ1v) is 5.27. The molecule has 1 N–H and O–H groups in total. The highest BCUT2D eigenvalue weighted by Gasteiger charge is 2.05. The van der Waals surface area contributed by atoms with E-state index in [1.807, 2.05) is 26.0 Å². The molecular formula is C11H13BrO2.